The number of para-hydroxylation sites is 1. The number of carbonyl (C=O) groups is 1. The Hall–Kier alpha value is -2.41. The maximum absolute atomic E-state index is 12.5. The van der Waals surface area contributed by atoms with Gasteiger partial charge in [0.15, 0.2) is 5.84 Å². The lowest BCUT2D eigenvalue weighted by Gasteiger charge is -2.20. The quantitative estimate of drug-likeness (QED) is 0.385. The molecule has 0 radical (unpaired) electrons. The molecule has 0 spiro atoms. The van der Waals surface area contributed by atoms with E-state index in [1.54, 1.807) is 49.6 Å². The topological polar surface area (TPSA) is 91.8 Å². The molecule has 1 amide bonds. The minimum absolute atomic E-state index is 0.0645. The van der Waals surface area contributed by atoms with Crippen LogP contribution in [-0.2, 0) is 0 Å². The van der Waals surface area contributed by atoms with E-state index in [2.05, 4.69) is 26.1 Å². The lowest BCUT2D eigenvalue weighted by molar-refractivity contribution is 0.0987. The van der Waals surface area contributed by atoms with Crippen molar-refractivity contribution in [3.05, 3.63) is 58.3 Å². The van der Waals surface area contributed by atoms with Gasteiger partial charge >= 0.3 is 0 Å². The van der Waals surface area contributed by atoms with Crippen molar-refractivity contribution in [2.75, 3.05) is 11.9 Å². The van der Waals surface area contributed by atoms with Gasteiger partial charge in [0, 0.05) is 23.3 Å². The van der Waals surface area contributed by atoms with Crippen LogP contribution in [0.2, 0.25) is 0 Å². The summed E-state index contributed by atoms with van der Waals surface area (Å²) in [6, 6.07) is 10.4. The van der Waals surface area contributed by atoms with E-state index in [9.17, 15) is 4.79 Å². The molecule has 0 aliphatic rings. The minimum atomic E-state index is -0.305. The van der Waals surface area contributed by atoms with Gasteiger partial charge in [-0.05, 0) is 40.2 Å². The van der Waals surface area contributed by atoms with Gasteiger partial charge in [0.2, 0.25) is 0 Å². The molecule has 2 aromatic rings. The van der Waals surface area contributed by atoms with Crippen LogP contribution in [0.4, 0.5) is 5.69 Å². The van der Waals surface area contributed by atoms with Crippen LogP contribution < -0.4 is 10.6 Å². The van der Waals surface area contributed by atoms with E-state index in [1.165, 1.54) is 4.90 Å². The van der Waals surface area contributed by atoms with Crippen molar-refractivity contribution in [1.82, 2.24) is 4.98 Å². The van der Waals surface area contributed by atoms with Crippen LogP contribution in [0.5, 0.6) is 0 Å². The second-order valence-corrected chi connectivity index (χ2v) is 5.05. The number of amides is 1. The van der Waals surface area contributed by atoms with Crippen molar-refractivity contribution in [2.45, 2.75) is 0 Å². The van der Waals surface area contributed by atoms with E-state index in [0.29, 0.717) is 15.7 Å². The Kier molecular flexibility index (Phi) is 4.54. The number of amidine groups is 1. The lowest BCUT2D eigenvalue weighted by Crippen LogP contribution is -2.30. The third-order valence-corrected chi connectivity index (χ3v) is 3.55. The van der Waals surface area contributed by atoms with Gasteiger partial charge in [0.25, 0.3) is 5.91 Å². The molecule has 0 aliphatic heterocycles. The molecule has 6 nitrogen and oxygen atoms in total. The predicted octanol–water partition coefficient (Wildman–Crippen LogP) is 2.22. The van der Waals surface area contributed by atoms with Crippen LogP contribution in [0.1, 0.15) is 16.1 Å². The SMILES string of the molecule is CN(C(=O)c1ncccc1Br)c1ccccc1/C(N)=N/O. The summed E-state index contributed by atoms with van der Waals surface area (Å²) in [7, 11) is 1.60. The molecule has 2 rings (SSSR count). The molecule has 1 aromatic carbocycles. The second kappa shape index (κ2) is 6.36. The van der Waals surface area contributed by atoms with Gasteiger partial charge < -0.3 is 15.8 Å². The number of hydrogen-bond acceptors (Lipinski definition) is 4. The predicted molar refractivity (Wildman–Crippen MR) is 83.6 cm³/mol. The van der Waals surface area contributed by atoms with Crippen molar-refractivity contribution < 1.29 is 10.0 Å². The number of aromatic nitrogens is 1. The Morgan fingerprint density at radius 2 is 2.05 bits per heavy atom. The summed E-state index contributed by atoms with van der Waals surface area (Å²) in [4.78, 5) is 18.0. The van der Waals surface area contributed by atoms with Crippen LogP contribution in [0, 0.1) is 0 Å². The molecule has 0 atom stereocenters. The highest BCUT2D eigenvalue weighted by Gasteiger charge is 2.20. The molecular formula is C14H13BrN4O2. The number of oxime groups is 1. The number of hydrogen-bond donors (Lipinski definition) is 2. The molecule has 0 bridgehead atoms. The second-order valence-electron chi connectivity index (χ2n) is 4.20. The maximum atomic E-state index is 12.5. The first-order valence-electron chi connectivity index (χ1n) is 6.01. The highest BCUT2D eigenvalue weighted by Crippen LogP contribution is 2.22. The first-order valence-corrected chi connectivity index (χ1v) is 6.81. The van der Waals surface area contributed by atoms with Gasteiger partial charge in [-0.1, -0.05) is 17.3 Å². The molecule has 21 heavy (non-hydrogen) atoms. The number of nitrogens with two attached hydrogens (primary N) is 1. The van der Waals surface area contributed by atoms with Gasteiger partial charge in [0.05, 0.1) is 5.69 Å². The van der Waals surface area contributed by atoms with Crippen molar-refractivity contribution in [3.63, 3.8) is 0 Å². The number of halogens is 1. The van der Waals surface area contributed by atoms with Crippen molar-refractivity contribution >= 4 is 33.4 Å². The summed E-state index contributed by atoms with van der Waals surface area (Å²) in [5.74, 6) is -0.369. The number of rotatable bonds is 3. The largest absolute Gasteiger partial charge is 0.409 e. The number of benzene rings is 1. The molecule has 3 N–H and O–H groups in total. The molecule has 0 unspecified atom stereocenters. The fourth-order valence-electron chi connectivity index (χ4n) is 1.85. The minimum Gasteiger partial charge on any atom is -0.409 e. The summed E-state index contributed by atoms with van der Waals surface area (Å²) in [5.41, 5.74) is 6.91. The first-order chi connectivity index (χ1) is 10.1. The van der Waals surface area contributed by atoms with Crippen molar-refractivity contribution in [2.24, 2.45) is 10.9 Å². The van der Waals surface area contributed by atoms with Gasteiger partial charge in [-0.25, -0.2) is 4.98 Å². The van der Waals surface area contributed by atoms with E-state index in [4.69, 9.17) is 10.9 Å². The Labute approximate surface area is 130 Å². The normalized spacial score (nSPS) is 11.2. The van der Waals surface area contributed by atoms with Crippen LogP contribution in [0.25, 0.3) is 0 Å². The Morgan fingerprint density at radius 1 is 1.33 bits per heavy atom. The summed E-state index contributed by atoms with van der Waals surface area (Å²) in [5, 5.41) is 11.8. The highest BCUT2D eigenvalue weighted by atomic mass is 79.9. The smallest absolute Gasteiger partial charge is 0.277 e. The van der Waals surface area contributed by atoms with Crippen molar-refractivity contribution in [1.29, 1.82) is 0 Å². The lowest BCUT2D eigenvalue weighted by atomic mass is 10.1. The van der Waals surface area contributed by atoms with Crippen LogP contribution in [0.15, 0.2) is 52.2 Å². The summed E-state index contributed by atoms with van der Waals surface area (Å²) in [6.45, 7) is 0. The number of nitrogens with zero attached hydrogens (tertiary/aromatic N) is 3. The summed E-state index contributed by atoms with van der Waals surface area (Å²) >= 11 is 3.30. The monoisotopic (exact) mass is 348 g/mol. The van der Waals surface area contributed by atoms with E-state index < -0.39 is 0 Å². The Morgan fingerprint density at radius 3 is 2.71 bits per heavy atom. The molecule has 0 saturated heterocycles. The molecule has 0 fully saturated rings. The fraction of sp³-hybridized carbons (Fsp3) is 0.0714. The molecule has 1 aromatic heterocycles. The number of anilines is 1. The van der Waals surface area contributed by atoms with Crippen LogP contribution in [0.3, 0.4) is 0 Å². The average Bonchev–Trinajstić information content (AvgIpc) is 2.53. The number of pyridine rings is 1. The van der Waals surface area contributed by atoms with E-state index in [-0.39, 0.29) is 17.4 Å². The Bertz CT molecular complexity index is 703. The molecule has 0 saturated carbocycles. The zero-order valence-corrected chi connectivity index (χ0v) is 12.8. The first kappa shape index (κ1) is 15.0. The van der Waals surface area contributed by atoms with E-state index >= 15 is 0 Å². The molecule has 108 valence electrons. The zero-order chi connectivity index (χ0) is 15.4. The standard InChI is InChI=1S/C14H13BrN4O2/c1-19(14(20)12-10(15)6-4-8-17-12)11-7-3-2-5-9(11)13(16)18-21/h2-8,21H,1H3,(H2,16,18). The van der Waals surface area contributed by atoms with Crippen molar-refractivity contribution in [3.8, 4) is 0 Å². The molecular weight excluding hydrogens is 336 g/mol. The van der Waals surface area contributed by atoms with Gasteiger partial charge in [-0.3, -0.25) is 4.79 Å². The van der Waals surface area contributed by atoms with Gasteiger partial charge in [0.1, 0.15) is 5.69 Å². The maximum Gasteiger partial charge on any atom is 0.277 e. The summed E-state index contributed by atoms with van der Waals surface area (Å²) in [6.07, 6.45) is 1.54. The van der Waals surface area contributed by atoms with Crippen LogP contribution in [-0.4, -0.2) is 29.0 Å². The molecule has 1 heterocycles. The van der Waals surface area contributed by atoms with Gasteiger partial charge in [-0.15, -0.1) is 0 Å². The fourth-order valence-corrected chi connectivity index (χ4v) is 2.27. The third kappa shape index (κ3) is 3.03. The summed E-state index contributed by atoms with van der Waals surface area (Å²) < 4.78 is 0.600. The number of carbonyl (C=O) groups excluding carboxylic acids is 1. The molecule has 0 aliphatic carbocycles. The zero-order valence-electron chi connectivity index (χ0n) is 11.2. The highest BCUT2D eigenvalue weighted by molar-refractivity contribution is 9.10. The third-order valence-electron chi connectivity index (χ3n) is 2.91. The van der Waals surface area contributed by atoms with E-state index in [0.717, 1.165) is 0 Å². The van der Waals surface area contributed by atoms with E-state index in [1.807, 2.05) is 0 Å². The van der Waals surface area contributed by atoms with Gasteiger partial charge in [-0.2, -0.15) is 0 Å². The average molecular weight is 349 g/mol. The molecule has 7 heteroatoms. The Balaban J connectivity index is 2.44. The van der Waals surface area contributed by atoms with Crippen LogP contribution >= 0.6 is 15.9 Å².